The maximum absolute atomic E-state index is 14.0. The normalized spacial score (nSPS) is 20.4. The summed E-state index contributed by atoms with van der Waals surface area (Å²) in [5.74, 6) is 0.149. The first kappa shape index (κ1) is 24.9. The topological polar surface area (TPSA) is 74.3 Å². The molecule has 2 aromatic carbocycles. The van der Waals surface area contributed by atoms with E-state index in [1.807, 2.05) is 11.8 Å². The van der Waals surface area contributed by atoms with Gasteiger partial charge in [-0.05, 0) is 56.3 Å². The van der Waals surface area contributed by atoms with Gasteiger partial charge in [-0.1, -0.05) is 61.7 Å². The summed E-state index contributed by atoms with van der Waals surface area (Å²) in [6.45, 7) is 2.55. The van der Waals surface area contributed by atoms with E-state index in [4.69, 9.17) is 4.98 Å². The second-order valence-corrected chi connectivity index (χ2v) is 11.1. The average molecular weight is 505 g/mol. The zero-order chi connectivity index (χ0) is 25.1. The highest BCUT2D eigenvalue weighted by atomic mass is 32.1. The number of fused-ring (bicyclic) bond motifs is 1. The number of hydrogen-bond donors (Lipinski definition) is 2. The number of amides is 2. The van der Waals surface area contributed by atoms with E-state index >= 15 is 0 Å². The number of carbonyl (C=O) groups is 2. The van der Waals surface area contributed by atoms with Gasteiger partial charge in [0, 0.05) is 17.5 Å². The second kappa shape index (κ2) is 11.1. The van der Waals surface area contributed by atoms with Gasteiger partial charge in [0.25, 0.3) is 0 Å². The molecule has 190 valence electrons. The number of benzene rings is 2. The molecule has 1 aromatic heterocycles. The smallest absolute Gasteiger partial charge is 0.246 e. The van der Waals surface area contributed by atoms with Gasteiger partial charge in [0.1, 0.15) is 11.0 Å². The molecule has 1 aliphatic heterocycles. The molecule has 2 amide bonds. The van der Waals surface area contributed by atoms with Crippen molar-refractivity contribution in [3.05, 3.63) is 52.9 Å². The molecular formula is C29H36N4O2S. The van der Waals surface area contributed by atoms with E-state index in [2.05, 4.69) is 58.5 Å². The van der Waals surface area contributed by atoms with Crippen LogP contribution >= 0.6 is 11.3 Å². The van der Waals surface area contributed by atoms with Crippen molar-refractivity contribution in [2.75, 3.05) is 13.6 Å². The maximum atomic E-state index is 14.0. The summed E-state index contributed by atoms with van der Waals surface area (Å²) >= 11 is 1.64. The zero-order valence-corrected chi connectivity index (χ0v) is 22.0. The van der Waals surface area contributed by atoms with E-state index in [1.165, 1.54) is 17.2 Å². The summed E-state index contributed by atoms with van der Waals surface area (Å²) in [7, 11) is 1.77. The van der Waals surface area contributed by atoms with E-state index in [0.717, 1.165) is 54.8 Å². The lowest BCUT2D eigenvalue weighted by Gasteiger charge is -2.35. The van der Waals surface area contributed by atoms with Crippen LogP contribution in [0.1, 0.15) is 62.9 Å². The van der Waals surface area contributed by atoms with Crippen LogP contribution in [0.15, 0.2) is 47.8 Å². The first-order valence-electron chi connectivity index (χ1n) is 13.3. The molecule has 2 N–H and O–H groups in total. The van der Waals surface area contributed by atoms with Crippen molar-refractivity contribution in [3.8, 4) is 11.3 Å². The highest BCUT2D eigenvalue weighted by Gasteiger charge is 2.40. The molecule has 7 heteroatoms. The Hall–Kier alpha value is -2.77. The number of likely N-dealkylation sites (N-methyl/N-ethyl adjacent to an activating group) is 1. The third kappa shape index (κ3) is 5.04. The van der Waals surface area contributed by atoms with Crippen molar-refractivity contribution in [2.45, 2.75) is 70.0 Å². The summed E-state index contributed by atoms with van der Waals surface area (Å²) in [6, 6.07) is 13.9. The van der Waals surface area contributed by atoms with Crippen LogP contribution in [0.25, 0.3) is 22.0 Å². The van der Waals surface area contributed by atoms with Gasteiger partial charge < -0.3 is 15.5 Å². The fraction of sp³-hybridized carbons (Fsp3) is 0.483. The van der Waals surface area contributed by atoms with Gasteiger partial charge in [0.05, 0.1) is 17.8 Å². The Bertz CT molecular complexity index is 1210. The predicted molar refractivity (Wildman–Crippen MR) is 146 cm³/mol. The number of rotatable bonds is 7. The third-order valence-electron chi connectivity index (χ3n) is 7.92. The van der Waals surface area contributed by atoms with Crippen molar-refractivity contribution in [1.29, 1.82) is 0 Å². The number of carbonyl (C=O) groups excluding carboxylic acids is 2. The Labute approximate surface area is 217 Å². The standard InChI is InChI=1S/C29H36N4O2S/c1-19(30-2)27(34)32-26(21-11-4-3-5-12-21)29(35)33-17-9-16-25(33)28-31-24(18-36-28)23-15-8-13-20-10-6-7-14-22(20)23/h6-8,10,13-15,18-19,21,25-26,30H,3-5,9,11-12,16-17H2,1-2H3,(H,32,34)/t19-,25-,26-/m0/s1. The highest BCUT2D eigenvalue weighted by Crippen LogP contribution is 2.38. The average Bonchev–Trinajstić information content (AvgIpc) is 3.61. The molecule has 5 rings (SSSR count). The van der Waals surface area contributed by atoms with E-state index in [0.29, 0.717) is 6.54 Å². The first-order chi connectivity index (χ1) is 17.6. The summed E-state index contributed by atoms with van der Waals surface area (Å²) in [6.07, 6.45) is 7.30. The van der Waals surface area contributed by atoms with Crippen LogP contribution in [0, 0.1) is 5.92 Å². The molecule has 3 atom stereocenters. The van der Waals surface area contributed by atoms with Crippen LogP contribution in [-0.2, 0) is 9.59 Å². The summed E-state index contributed by atoms with van der Waals surface area (Å²) in [5, 5.41) is 11.6. The minimum atomic E-state index is -0.466. The number of aromatic nitrogens is 1. The fourth-order valence-corrected chi connectivity index (χ4v) is 6.70. The van der Waals surface area contributed by atoms with Gasteiger partial charge in [-0.2, -0.15) is 0 Å². The summed E-state index contributed by atoms with van der Waals surface area (Å²) in [4.78, 5) is 33.8. The van der Waals surface area contributed by atoms with E-state index < -0.39 is 6.04 Å². The lowest BCUT2D eigenvalue weighted by atomic mass is 9.83. The molecule has 2 heterocycles. The Morgan fingerprint density at radius 3 is 2.61 bits per heavy atom. The molecule has 2 fully saturated rings. The lowest BCUT2D eigenvalue weighted by Crippen LogP contribution is -2.55. The van der Waals surface area contributed by atoms with Crippen LogP contribution < -0.4 is 10.6 Å². The molecule has 0 bridgehead atoms. The molecule has 1 saturated carbocycles. The van der Waals surface area contributed by atoms with Gasteiger partial charge in [-0.15, -0.1) is 11.3 Å². The van der Waals surface area contributed by atoms with Gasteiger partial charge in [-0.3, -0.25) is 9.59 Å². The van der Waals surface area contributed by atoms with Crippen molar-refractivity contribution in [1.82, 2.24) is 20.5 Å². The van der Waals surface area contributed by atoms with E-state index in [9.17, 15) is 9.59 Å². The Balaban J connectivity index is 1.40. The predicted octanol–water partition coefficient (Wildman–Crippen LogP) is 5.30. The maximum Gasteiger partial charge on any atom is 0.246 e. The molecule has 0 spiro atoms. The molecule has 3 aromatic rings. The van der Waals surface area contributed by atoms with Crippen LogP contribution in [0.3, 0.4) is 0 Å². The minimum Gasteiger partial charge on any atom is -0.343 e. The van der Waals surface area contributed by atoms with E-state index in [-0.39, 0.29) is 29.8 Å². The first-order valence-corrected chi connectivity index (χ1v) is 14.2. The molecule has 1 saturated heterocycles. The van der Waals surface area contributed by atoms with Crippen LogP contribution in [0.5, 0.6) is 0 Å². The van der Waals surface area contributed by atoms with Crippen molar-refractivity contribution >= 4 is 33.9 Å². The zero-order valence-electron chi connectivity index (χ0n) is 21.2. The van der Waals surface area contributed by atoms with Gasteiger partial charge in [-0.25, -0.2) is 4.98 Å². The number of hydrogen-bond acceptors (Lipinski definition) is 5. The third-order valence-corrected chi connectivity index (χ3v) is 8.87. The Morgan fingerprint density at radius 1 is 1.03 bits per heavy atom. The molecule has 0 radical (unpaired) electrons. The van der Waals surface area contributed by atoms with Crippen molar-refractivity contribution in [3.63, 3.8) is 0 Å². The summed E-state index contributed by atoms with van der Waals surface area (Å²) in [5.41, 5.74) is 2.09. The molecule has 6 nitrogen and oxygen atoms in total. The van der Waals surface area contributed by atoms with Gasteiger partial charge >= 0.3 is 0 Å². The molecular weight excluding hydrogens is 468 g/mol. The Kier molecular flexibility index (Phi) is 7.67. The lowest BCUT2D eigenvalue weighted by molar-refractivity contribution is -0.139. The second-order valence-electron chi connectivity index (χ2n) is 10.2. The quantitative estimate of drug-likeness (QED) is 0.458. The van der Waals surface area contributed by atoms with Gasteiger partial charge in [0.2, 0.25) is 11.8 Å². The molecule has 0 unspecified atom stereocenters. The molecule has 2 aliphatic rings. The molecule has 36 heavy (non-hydrogen) atoms. The van der Waals surface area contributed by atoms with Crippen LogP contribution in [0.4, 0.5) is 0 Å². The number of nitrogens with one attached hydrogen (secondary N) is 2. The number of nitrogens with zero attached hydrogens (tertiary/aromatic N) is 2. The fourth-order valence-electron chi connectivity index (χ4n) is 5.74. The largest absolute Gasteiger partial charge is 0.343 e. The summed E-state index contributed by atoms with van der Waals surface area (Å²) < 4.78 is 0. The van der Waals surface area contributed by atoms with Crippen LogP contribution in [0.2, 0.25) is 0 Å². The number of likely N-dealkylation sites (tertiary alicyclic amines) is 1. The van der Waals surface area contributed by atoms with Crippen molar-refractivity contribution in [2.24, 2.45) is 5.92 Å². The monoisotopic (exact) mass is 504 g/mol. The number of thiazole rings is 1. The van der Waals surface area contributed by atoms with Crippen LogP contribution in [-0.4, -0.2) is 47.4 Å². The van der Waals surface area contributed by atoms with E-state index in [1.54, 1.807) is 18.4 Å². The highest BCUT2D eigenvalue weighted by molar-refractivity contribution is 7.10. The SMILES string of the molecule is CN[C@@H](C)C(=O)N[C@H](C(=O)N1CCC[C@H]1c1nc(-c2cccc3ccccc23)cs1)C1CCCCC1. The minimum absolute atomic E-state index is 0.0315. The Morgan fingerprint density at radius 2 is 1.81 bits per heavy atom. The molecule has 1 aliphatic carbocycles. The van der Waals surface area contributed by atoms with Gasteiger partial charge in [0.15, 0.2) is 0 Å². The van der Waals surface area contributed by atoms with Crippen molar-refractivity contribution < 1.29 is 9.59 Å².